The Balaban J connectivity index is 1.46. The van der Waals surface area contributed by atoms with E-state index in [2.05, 4.69) is 15.6 Å². The Morgan fingerprint density at radius 2 is 1.70 bits per heavy atom. The molecule has 0 atom stereocenters. The lowest BCUT2D eigenvalue weighted by atomic mass is 9.92. The molecule has 0 saturated carbocycles. The fourth-order valence-electron chi connectivity index (χ4n) is 3.82. The minimum atomic E-state index is -0.681. The molecule has 2 amide bonds. The van der Waals surface area contributed by atoms with Gasteiger partial charge in [0.2, 0.25) is 0 Å². The van der Waals surface area contributed by atoms with E-state index < -0.39 is 11.8 Å². The van der Waals surface area contributed by atoms with E-state index in [1.807, 2.05) is 52.0 Å². The first-order valence-electron chi connectivity index (χ1n) is 12.7. The van der Waals surface area contributed by atoms with Crippen molar-refractivity contribution in [2.75, 3.05) is 24.4 Å². The minimum absolute atomic E-state index is 0.00788. The summed E-state index contributed by atoms with van der Waals surface area (Å²) in [6.07, 6.45) is 1.60. The first kappa shape index (κ1) is 28.4. The number of ether oxygens (including phenoxy) is 2. The molecule has 40 heavy (non-hydrogen) atoms. The van der Waals surface area contributed by atoms with Gasteiger partial charge in [-0.25, -0.2) is 13.9 Å². The molecule has 0 aliphatic carbocycles. The number of methoxy groups -OCH3 is 1. The molecule has 10 heteroatoms. The van der Waals surface area contributed by atoms with E-state index in [1.165, 1.54) is 31.5 Å². The number of carbonyl (C=O) groups excluding carboxylic acids is 2. The average molecular weight is 546 g/mol. The Morgan fingerprint density at radius 1 is 0.975 bits per heavy atom. The Labute approximate surface area is 232 Å². The van der Waals surface area contributed by atoms with E-state index in [0.29, 0.717) is 17.3 Å². The maximum Gasteiger partial charge on any atom is 0.324 e. The van der Waals surface area contributed by atoms with Crippen LogP contribution in [0.25, 0.3) is 5.69 Å². The van der Waals surface area contributed by atoms with Gasteiger partial charge in [0.15, 0.2) is 5.78 Å². The number of benzene rings is 2. The first-order valence-corrected chi connectivity index (χ1v) is 12.7. The molecule has 4 aromatic rings. The molecule has 0 aliphatic heterocycles. The van der Waals surface area contributed by atoms with E-state index in [0.717, 1.165) is 16.9 Å². The van der Waals surface area contributed by atoms with Crippen molar-refractivity contribution in [1.29, 1.82) is 0 Å². The number of Topliss-reactive ketones (excluding diaryl/α,β-unsaturated/α-hetero) is 1. The standard InChI is InChI=1S/C30H32FN5O4/c1-19-6-8-21(9-7-19)36-28(17-27(35-36)30(2,3)4)34-29(38)33-26-11-10-23(16-25(26)31)40-24-12-13-32-20(15-24)14-22(37)18-39-5/h6-13,15-17H,14,18H2,1-5H3,(H2,33,34,38). The van der Waals surface area contributed by atoms with Crippen molar-refractivity contribution < 1.29 is 23.5 Å². The molecule has 0 saturated heterocycles. The van der Waals surface area contributed by atoms with Crippen LogP contribution in [0.4, 0.5) is 20.7 Å². The summed E-state index contributed by atoms with van der Waals surface area (Å²) in [5.74, 6) is 0.260. The minimum Gasteiger partial charge on any atom is -0.457 e. The van der Waals surface area contributed by atoms with Crippen LogP contribution in [0.15, 0.2) is 66.9 Å². The molecular weight excluding hydrogens is 513 g/mol. The molecule has 0 aliphatic rings. The number of hydrogen-bond donors (Lipinski definition) is 2. The second-order valence-corrected chi connectivity index (χ2v) is 10.4. The fourth-order valence-corrected chi connectivity index (χ4v) is 3.82. The third kappa shape index (κ3) is 7.29. The number of rotatable bonds is 9. The highest BCUT2D eigenvalue weighted by Gasteiger charge is 2.22. The summed E-state index contributed by atoms with van der Waals surface area (Å²) in [4.78, 5) is 28.8. The van der Waals surface area contributed by atoms with Gasteiger partial charge in [-0.05, 0) is 37.3 Å². The van der Waals surface area contributed by atoms with Crippen LogP contribution in [-0.2, 0) is 21.4 Å². The molecule has 0 spiro atoms. The van der Waals surface area contributed by atoms with E-state index in [-0.39, 0.29) is 35.7 Å². The molecule has 0 unspecified atom stereocenters. The van der Waals surface area contributed by atoms with Crippen LogP contribution in [0.5, 0.6) is 11.5 Å². The van der Waals surface area contributed by atoms with Gasteiger partial charge in [-0.3, -0.25) is 15.1 Å². The predicted molar refractivity (Wildman–Crippen MR) is 151 cm³/mol. The number of hydrogen-bond acceptors (Lipinski definition) is 6. The zero-order valence-electron chi connectivity index (χ0n) is 23.1. The third-order valence-corrected chi connectivity index (χ3v) is 5.89. The van der Waals surface area contributed by atoms with Crippen molar-refractivity contribution in [2.24, 2.45) is 0 Å². The van der Waals surface area contributed by atoms with E-state index in [4.69, 9.17) is 14.6 Å². The average Bonchev–Trinajstić information content (AvgIpc) is 3.31. The summed E-state index contributed by atoms with van der Waals surface area (Å²) in [6, 6.07) is 16.3. The van der Waals surface area contributed by atoms with Crippen molar-refractivity contribution >= 4 is 23.3 Å². The molecule has 2 aromatic heterocycles. The molecule has 208 valence electrons. The smallest absolute Gasteiger partial charge is 0.324 e. The van der Waals surface area contributed by atoms with Crippen LogP contribution in [0, 0.1) is 12.7 Å². The van der Waals surface area contributed by atoms with Gasteiger partial charge in [0, 0.05) is 36.9 Å². The number of urea groups is 1. The van der Waals surface area contributed by atoms with E-state index in [9.17, 15) is 14.0 Å². The molecule has 2 heterocycles. The lowest BCUT2D eigenvalue weighted by Crippen LogP contribution is -2.22. The summed E-state index contributed by atoms with van der Waals surface area (Å²) in [5, 5.41) is 10.0. The zero-order valence-corrected chi connectivity index (χ0v) is 23.1. The lowest BCUT2D eigenvalue weighted by molar-refractivity contribution is -0.122. The SMILES string of the molecule is COCC(=O)Cc1cc(Oc2ccc(NC(=O)Nc3cc(C(C)(C)C)nn3-c3ccc(C)cc3)c(F)c2)ccn1. The number of halogens is 1. The molecule has 2 aromatic carbocycles. The second kappa shape index (κ2) is 12.1. The van der Waals surface area contributed by atoms with Gasteiger partial charge in [-0.1, -0.05) is 38.5 Å². The van der Waals surface area contributed by atoms with Crippen molar-refractivity contribution in [3.8, 4) is 17.2 Å². The number of aryl methyl sites for hydroxylation is 1. The van der Waals surface area contributed by atoms with Crippen molar-refractivity contribution in [1.82, 2.24) is 14.8 Å². The number of nitrogens with zero attached hydrogens (tertiary/aromatic N) is 3. The zero-order chi connectivity index (χ0) is 28.9. The normalized spacial score (nSPS) is 11.2. The summed E-state index contributed by atoms with van der Waals surface area (Å²) in [5.41, 5.74) is 2.91. The van der Waals surface area contributed by atoms with Crippen LogP contribution in [-0.4, -0.2) is 40.3 Å². The van der Waals surface area contributed by atoms with E-state index >= 15 is 0 Å². The number of pyridine rings is 1. The predicted octanol–water partition coefficient (Wildman–Crippen LogP) is 6.21. The van der Waals surface area contributed by atoms with Gasteiger partial charge < -0.3 is 14.8 Å². The monoisotopic (exact) mass is 545 g/mol. The van der Waals surface area contributed by atoms with Crippen LogP contribution in [0.3, 0.4) is 0 Å². The number of anilines is 2. The van der Waals surface area contributed by atoms with E-state index in [1.54, 1.807) is 22.9 Å². The number of nitrogens with one attached hydrogen (secondary N) is 2. The van der Waals surface area contributed by atoms with Crippen LogP contribution in [0.2, 0.25) is 0 Å². The van der Waals surface area contributed by atoms with Gasteiger partial charge in [-0.15, -0.1) is 0 Å². The Kier molecular flexibility index (Phi) is 8.59. The highest BCUT2D eigenvalue weighted by molar-refractivity contribution is 5.99. The summed E-state index contributed by atoms with van der Waals surface area (Å²) < 4.78 is 27.2. The van der Waals surface area contributed by atoms with Gasteiger partial charge >= 0.3 is 6.03 Å². The van der Waals surface area contributed by atoms with Crippen LogP contribution < -0.4 is 15.4 Å². The maximum absolute atomic E-state index is 14.9. The maximum atomic E-state index is 14.9. The van der Waals surface area contributed by atoms with Crippen molar-refractivity contribution in [3.63, 3.8) is 0 Å². The number of carbonyl (C=O) groups is 2. The molecule has 2 N–H and O–H groups in total. The molecular formula is C30H32FN5O4. The summed E-state index contributed by atoms with van der Waals surface area (Å²) in [7, 11) is 1.45. The largest absolute Gasteiger partial charge is 0.457 e. The van der Waals surface area contributed by atoms with Crippen molar-refractivity contribution in [2.45, 2.75) is 39.5 Å². The number of aromatic nitrogens is 3. The molecule has 0 fully saturated rings. The quantitative estimate of drug-likeness (QED) is 0.259. The van der Waals surface area contributed by atoms with Gasteiger partial charge in [0.1, 0.15) is 29.7 Å². The summed E-state index contributed by atoms with van der Waals surface area (Å²) in [6.45, 7) is 8.08. The Bertz CT molecular complexity index is 1510. The summed E-state index contributed by atoms with van der Waals surface area (Å²) >= 11 is 0. The molecule has 0 radical (unpaired) electrons. The number of amides is 2. The topological polar surface area (TPSA) is 107 Å². The highest BCUT2D eigenvalue weighted by Crippen LogP contribution is 2.28. The van der Waals surface area contributed by atoms with Crippen molar-refractivity contribution in [3.05, 3.63) is 89.6 Å². The van der Waals surface area contributed by atoms with Crippen LogP contribution >= 0.6 is 0 Å². The van der Waals surface area contributed by atoms with Gasteiger partial charge in [0.05, 0.1) is 29.2 Å². The Morgan fingerprint density at radius 3 is 2.38 bits per heavy atom. The van der Waals surface area contributed by atoms with Gasteiger partial charge in [-0.2, -0.15) is 5.10 Å². The molecule has 0 bridgehead atoms. The molecule has 9 nitrogen and oxygen atoms in total. The molecule has 4 rings (SSSR count). The van der Waals surface area contributed by atoms with Gasteiger partial charge in [0.25, 0.3) is 0 Å². The first-order chi connectivity index (χ1) is 19.0. The Hall–Kier alpha value is -4.57. The van der Waals surface area contributed by atoms with Crippen LogP contribution in [0.1, 0.15) is 37.7 Å². The highest BCUT2D eigenvalue weighted by atomic mass is 19.1. The lowest BCUT2D eigenvalue weighted by Gasteiger charge is -2.14. The fraction of sp³-hybridized carbons (Fsp3) is 0.267. The third-order valence-electron chi connectivity index (χ3n) is 5.89. The second-order valence-electron chi connectivity index (χ2n) is 10.4. The number of ketones is 1.